The molecule has 0 saturated heterocycles. The normalized spacial score (nSPS) is 11.2. The van der Waals surface area contributed by atoms with E-state index in [2.05, 4.69) is 46.7 Å². The zero-order valence-corrected chi connectivity index (χ0v) is 15.6. The Morgan fingerprint density at radius 3 is 2.81 bits per heavy atom. The summed E-state index contributed by atoms with van der Waals surface area (Å²) in [6.45, 7) is 2.16. The number of aromatic nitrogens is 1. The number of hydrogen-bond donors (Lipinski definition) is 2. The molecular weight excluding hydrogens is 344 g/mol. The molecule has 2 heterocycles. The van der Waals surface area contributed by atoms with Gasteiger partial charge in [0.2, 0.25) is 5.91 Å². The molecule has 132 valence electrons. The minimum atomic E-state index is -0.00849. The van der Waals surface area contributed by atoms with Crippen molar-refractivity contribution in [2.24, 2.45) is 0 Å². The number of H-pyrrole nitrogens is 1. The zero-order valence-electron chi connectivity index (χ0n) is 14.8. The number of amides is 1. The van der Waals surface area contributed by atoms with E-state index in [1.807, 2.05) is 12.1 Å². The van der Waals surface area contributed by atoms with Gasteiger partial charge >= 0.3 is 0 Å². The monoisotopic (exact) mass is 364 g/mol. The van der Waals surface area contributed by atoms with Crippen LogP contribution < -0.4 is 10.1 Å². The SMILES string of the molecule is COc1ccc2[nH]c(-c3cc4ccccc4s3)c(CCNC(C)=O)c2c1. The third kappa shape index (κ3) is 3.06. The topological polar surface area (TPSA) is 54.1 Å². The van der Waals surface area contributed by atoms with Crippen LogP contribution in [0.4, 0.5) is 0 Å². The van der Waals surface area contributed by atoms with Crippen molar-refractivity contribution in [1.82, 2.24) is 10.3 Å². The molecule has 0 bridgehead atoms. The van der Waals surface area contributed by atoms with Gasteiger partial charge in [0, 0.05) is 29.1 Å². The molecule has 0 radical (unpaired) electrons. The second kappa shape index (κ2) is 6.84. The number of rotatable bonds is 5. The minimum Gasteiger partial charge on any atom is -0.497 e. The van der Waals surface area contributed by atoms with Gasteiger partial charge in [0.15, 0.2) is 0 Å². The summed E-state index contributed by atoms with van der Waals surface area (Å²) in [6, 6.07) is 16.7. The van der Waals surface area contributed by atoms with Gasteiger partial charge < -0.3 is 15.0 Å². The number of thiophene rings is 1. The van der Waals surface area contributed by atoms with E-state index < -0.39 is 0 Å². The fraction of sp³-hybridized carbons (Fsp3) is 0.190. The quantitative estimate of drug-likeness (QED) is 0.537. The van der Waals surface area contributed by atoms with E-state index in [1.54, 1.807) is 25.4 Å². The van der Waals surface area contributed by atoms with Crippen LogP contribution in [0.3, 0.4) is 0 Å². The Morgan fingerprint density at radius 2 is 2.04 bits per heavy atom. The van der Waals surface area contributed by atoms with Gasteiger partial charge in [-0.3, -0.25) is 4.79 Å². The van der Waals surface area contributed by atoms with Crippen LogP contribution in [-0.4, -0.2) is 24.5 Å². The number of carbonyl (C=O) groups excluding carboxylic acids is 1. The first-order valence-corrected chi connectivity index (χ1v) is 9.39. The average molecular weight is 364 g/mol. The second-order valence-electron chi connectivity index (χ2n) is 6.27. The van der Waals surface area contributed by atoms with E-state index in [-0.39, 0.29) is 5.91 Å². The summed E-state index contributed by atoms with van der Waals surface area (Å²) in [5.41, 5.74) is 3.41. The van der Waals surface area contributed by atoms with Crippen LogP contribution in [-0.2, 0) is 11.2 Å². The molecule has 2 aromatic carbocycles. The predicted molar refractivity (Wildman–Crippen MR) is 108 cm³/mol. The van der Waals surface area contributed by atoms with E-state index in [0.717, 1.165) is 28.8 Å². The van der Waals surface area contributed by atoms with Crippen LogP contribution >= 0.6 is 11.3 Å². The molecule has 0 aliphatic rings. The Labute approximate surface area is 155 Å². The number of hydrogen-bond acceptors (Lipinski definition) is 3. The maximum atomic E-state index is 11.3. The fourth-order valence-electron chi connectivity index (χ4n) is 3.29. The lowest BCUT2D eigenvalue weighted by atomic mass is 10.1. The number of ether oxygens (including phenoxy) is 1. The first kappa shape index (κ1) is 16.7. The van der Waals surface area contributed by atoms with Crippen LogP contribution in [0.5, 0.6) is 5.75 Å². The van der Waals surface area contributed by atoms with Crippen LogP contribution in [0.15, 0.2) is 48.5 Å². The van der Waals surface area contributed by atoms with Crippen molar-refractivity contribution in [3.05, 3.63) is 54.1 Å². The Morgan fingerprint density at radius 1 is 1.19 bits per heavy atom. The van der Waals surface area contributed by atoms with Gasteiger partial charge in [-0.05, 0) is 47.7 Å². The van der Waals surface area contributed by atoms with Crippen molar-refractivity contribution in [2.75, 3.05) is 13.7 Å². The Balaban J connectivity index is 1.84. The molecule has 0 atom stereocenters. The van der Waals surface area contributed by atoms with E-state index in [1.165, 1.54) is 20.5 Å². The van der Waals surface area contributed by atoms with E-state index in [9.17, 15) is 4.79 Å². The number of carbonyl (C=O) groups is 1. The van der Waals surface area contributed by atoms with Crippen molar-refractivity contribution in [2.45, 2.75) is 13.3 Å². The summed E-state index contributed by atoms with van der Waals surface area (Å²) < 4.78 is 6.67. The molecule has 2 aromatic heterocycles. The lowest BCUT2D eigenvalue weighted by Crippen LogP contribution is -2.22. The number of fused-ring (bicyclic) bond motifs is 2. The van der Waals surface area contributed by atoms with Gasteiger partial charge in [-0.1, -0.05) is 18.2 Å². The second-order valence-corrected chi connectivity index (χ2v) is 7.36. The molecule has 1 amide bonds. The standard InChI is InChI=1S/C21H20N2O2S/c1-13(24)22-10-9-16-17-12-15(25-2)7-8-18(17)23-21(16)20-11-14-5-3-4-6-19(14)26-20/h3-8,11-12,23H,9-10H2,1-2H3,(H,22,24). The average Bonchev–Trinajstić information content (AvgIpc) is 3.22. The largest absolute Gasteiger partial charge is 0.497 e. The molecule has 26 heavy (non-hydrogen) atoms. The first-order valence-electron chi connectivity index (χ1n) is 8.57. The molecular formula is C21H20N2O2S. The Hall–Kier alpha value is -2.79. The molecule has 0 unspecified atom stereocenters. The van der Waals surface area contributed by atoms with Crippen molar-refractivity contribution in [3.63, 3.8) is 0 Å². The molecule has 2 N–H and O–H groups in total. The summed E-state index contributed by atoms with van der Waals surface area (Å²) in [5.74, 6) is 0.825. The van der Waals surface area contributed by atoms with Crippen molar-refractivity contribution in [3.8, 4) is 16.3 Å². The minimum absolute atomic E-state index is 0.00849. The summed E-state index contributed by atoms with van der Waals surface area (Å²) in [6.07, 6.45) is 0.760. The summed E-state index contributed by atoms with van der Waals surface area (Å²) >= 11 is 1.78. The van der Waals surface area contributed by atoms with Crippen LogP contribution in [0.2, 0.25) is 0 Å². The van der Waals surface area contributed by atoms with Crippen molar-refractivity contribution >= 4 is 38.2 Å². The maximum absolute atomic E-state index is 11.3. The molecule has 0 aliphatic heterocycles. The number of aromatic amines is 1. The maximum Gasteiger partial charge on any atom is 0.216 e. The first-order chi connectivity index (χ1) is 12.7. The molecule has 0 aliphatic carbocycles. The van der Waals surface area contributed by atoms with Crippen LogP contribution in [0, 0.1) is 0 Å². The molecule has 4 rings (SSSR count). The Bertz CT molecular complexity index is 1060. The highest BCUT2D eigenvalue weighted by Gasteiger charge is 2.16. The highest BCUT2D eigenvalue weighted by Crippen LogP contribution is 2.38. The third-order valence-corrected chi connectivity index (χ3v) is 5.67. The summed E-state index contributed by atoms with van der Waals surface area (Å²) in [7, 11) is 1.68. The van der Waals surface area contributed by atoms with Crippen molar-refractivity contribution < 1.29 is 9.53 Å². The van der Waals surface area contributed by atoms with Gasteiger partial charge in [0.05, 0.1) is 17.7 Å². The van der Waals surface area contributed by atoms with Crippen LogP contribution in [0.1, 0.15) is 12.5 Å². The number of benzene rings is 2. The summed E-state index contributed by atoms with van der Waals surface area (Å²) in [5, 5.41) is 5.29. The van der Waals surface area contributed by atoms with Crippen molar-refractivity contribution in [1.29, 1.82) is 0 Å². The van der Waals surface area contributed by atoms with E-state index in [4.69, 9.17) is 4.74 Å². The molecule has 0 spiro atoms. The van der Waals surface area contributed by atoms with E-state index >= 15 is 0 Å². The fourth-order valence-corrected chi connectivity index (χ4v) is 4.38. The van der Waals surface area contributed by atoms with Gasteiger partial charge in [-0.2, -0.15) is 0 Å². The van der Waals surface area contributed by atoms with E-state index in [0.29, 0.717) is 6.54 Å². The number of methoxy groups -OCH3 is 1. The predicted octanol–water partition coefficient (Wildman–Crippen LogP) is 4.74. The molecule has 5 heteroatoms. The summed E-state index contributed by atoms with van der Waals surface area (Å²) in [4.78, 5) is 16.1. The Kier molecular flexibility index (Phi) is 4.39. The molecule has 0 saturated carbocycles. The van der Waals surface area contributed by atoms with Gasteiger partial charge in [-0.25, -0.2) is 0 Å². The molecule has 4 nitrogen and oxygen atoms in total. The highest BCUT2D eigenvalue weighted by molar-refractivity contribution is 7.22. The number of nitrogens with one attached hydrogen (secondary N) is 2. The highest BCUT2D eigenvalue weighted by atomic mass is 32.1. The van der Waals surface area contributed by atoms with Gasteiger partial charge in [-0.15, -0.1) is 11.3 Å². The van der Waals surface area contributed by atoms with Gasteiger partial charge in [0.25, 0.3) is 0 Å². The smallest absolute Gasteiger partial charge is 0.216 e. The van der Waals surface area contributed by atoms with Gasteiger partial charge in [0.1, 0.15) is 5.75 Å². The lowest BCUT2D eigenvalue weighted by Gasteiger charge is -2.05. The van der Waals surface area contributed by atoms with Crippen LogP contribution in [0.25, 0.3) is 31.6 Å². The third-order valence-electron chi connectivity index (χ3n) is 4.53. The molecule has 0 fully saturated rings. The zero-order chi connectivity index (χ0) is 18.1. The lowest BCUT2D eigenvalue weighted by molar-refractivity contribution is -0.118. The molecule has 4 aromatic rings.